The van der Waals surface area contributed by atoms with E-state index in [2.05, 4.69) is 9.72 Å². The van der Waals surface area contributed by atoms with Crippen LogP contribution in [0.5, 0.6) is 0 Å². The molecule has 2 aromatic rings. The predicted octanol–water partition coefficient (Wildman–Crippen LogP) is 3.52. The van der Waals surface area contributed by atoms with E-state index in [1.54, 1.807) is 6.92 Å². The van der Waals surface area contributed by atoms with Crippen molar-refractivity contribution in [3.05, 3.63) is 35.6 Å². The van der Waals surface area contributed by atoms with Crippen LogP contribution in [0.15, 0.2) is 30.5 Å². The first-order chi connectivity index (χ1) is 7.65. The SMILES string of the molecule is CCOC(=O)O.Clc1[nH]cc2ccccc12. The molecule has 0 saturated heterocycles. The largest absolute Gasteiger partial charge is 0.505 e. The molecule has 0 spiro atoms. The van der Waals surface area contributed by atoms with Gasteiger partial charge in [0.25, 0.3) is 0 Å². The maximum atomic E-state index is 9.38. The lowest BCUT2D eigenvalue weighted by molar-refractivity contribution is 0.0966. The van der Waals surface area contributed by atoms with Crippen molar-refractivity contribution < 1.29 is 14.6 Å². The van der Waals surface area contributed by atoms with E-state index in [0.717, 1.165) is 15.9 Å². The van der Waals surface area contributed by atoms with Crippen LogP contribution >= 0.6 is 11.6 Å². The van der Waals surface area contributed by atoms with E-state index in [1.807, 2.05) is 30.5 Å². The molecule has 0 aliphatic carbocycles. The molecule has 0 amide bonds. The van der Waals surface area contributed by atoms with Crippen LogP contribution in [0.25, 0.3) is 10.8 Å². The fraction of sp³-hybridized carbons (Fsp3) is 0.182. The normalized spacial score (nSPS) is 9.38. The van der Waals surface area contributed by atoms with Crippen LogP contribution in [-0.2, 0) is 4.74 Å². The molecule has 0 aliphatic heterocycles. The van der Waals surface area contributed by atoms with Gasteiger partial charge in [0.1, 0.15) is 5.15 Å². The Morgan fingerprint density at radius 3 is 2.69 bits per heavy atom. The van der Waals surface area contributed by atoms with Gasteiger partial charge in [-0.1, -0.05) is 35.9 Å². The van der Waals surface area contributed by atoms with E-state index in [-0.39, 0.29) is 6.61 Å². The summed E-state index contributed by atoms with van der Waals surface area (Å²) in [6, 6.07) is 7.99. The van der Waals surface area contributed by atoms with Crippen molar-refractivity contribution in [2.75, 3.05) is 6.61 Å². The average molecular weight is 242 g/mol. The molecule has 0 atom stereocenters. The Bertz CT molecular complexity index is 467. The number of aromatic nitrogens is 1. The zero-order valence-corrected chi connectivity index (χ0v) is 9.49. The third-order valence-electron chi connectivity index (χ3n) is 1.82. The molecule has 2 N–H and O–H groups in total. The number of halogens is 1. The van der Waals surface area contributed by atoms with Gasteiger partial charge >= 0.3 is 6.16 Å². The molecule has 0 saturated carbocycles. The first-order valence-electron chi connectivity index (χ1n) is 4.72. The van der Waals surface area contributed by atoms with Crippen molar-refractivity contribution in [3.63, 3.8) is 0 Å². The van der Waals surface area contributed by atoms with E-state index < -0.39 is 6.16 Å². The number of carbonyl (C=O) groups is 1. The molecule has 0 bridgehead atoms. The van der Waals surface area contributed by atoms with Crippen molar-refractivity contribution >= 4 is 28.5 Å². The Labute approximate surface area is 97.8 Å². The summed E-state index contributed by atoms with van der Waals surface area (Å²) in [5.74, 6) is 0. The van der Waals surface area contributed by atoms with E-state index >= 15 is 0 Å². The number of nitrogens with one attached hydrogen (secondary N) is 1. The van der Waals surface area contributed by atoms with Gasteiger partial charge in [0.15, 0.2) is 0 Å². The lowest BCUT2D eigenvalue weighted by atomic mass is 10.2. The van der Waals surface area contributed by atoms with Crippen LogP contribution in [0.1, 0.15) is 6.92 Å². The third kappa shape index (κ3) is 3.47. The highest BCUT2D eigenvalue weighted by Crippen LogP contribution is 2.21. The Morgan fingerprint density at radius 2 is 2.19 bits per heavy atom. The molecule has 0 aliphatic rings. The molecular formula is C11H12ClNO3. The molecule has 0 radical (unpaired) electrons. The standard InChI is InChI=1S/C8H6ClN.C3H6O3/c9-8-7-4-2-1-3-6(7)5-10-8;1-2-6-3(4)5/h1-5,10H;2H2,1H3,(H,4,5). The summed E-state index contributed by atoms with van der Waals surface area (Å²) in [7, 11) is 0. The molecule has 86 valence electrons. The zero-order valence-electron chi connectivity index (χ0n) is 8.74. The second-order valence-corrected chi connectivity index (χ2v) is 3.27. The summed E-state index contributed by atoms with van der Waals surface area (Å²) in [5.41, 5.74) is 0. The number of benzene rings is 1. The van der Waals surface area contributed by atoms with E-state index in [9.17, 15) is 4.79 Å². The minimum Gasteiger partial charge on any atom is -0.450 e. The van der Waals surface area contributed by atoms with Crippen LogP contribution in [0.2, 0.25) is 5.15 Å². The van der Waals surface area contributed by atoms with Gasteiger partial charge in [-0.3, -0.25) is 0 Å². The van der Waals surface area contributed by atoms with Gasteiger partial charge in [0, 0.05) is 17.0 Å². The smallest absolute Gasteiger partial charge is 0.450 e. The molecule has 1 aromatic carbocycles. The van der Waals surface area contributed by atoms with Gasteiger partial charge in [0.05, 0.1) is 6.61 Å². The second-order valence-electron chi connectivity index (χ2n) is 2.89. The molecule has 4 nitrogen and oxygen atoms in total. The number of hydrogen-bond donors (Lipinski definition) is 2. The summed E-state index contributed by atoms with van der Waals surface area (Å²) in [5, 5.41) is 10.7. The quantitative estimate of drug-likeness (QED) is 0.751. The van der Waals surface area contributed by atoms with Gasteiger partial charge < -0.3 is 14.8 Å². The van der Waals surface area contributed by atoms with Gasteiger partial charge in [-0.15, -0.1) is 0 Å². The van der Waals surface area contributed by atoms with Crippen LogP contribution < -0.4 is 0 Å². The molecule has 2 rings (SSSR count). The first kappa shape index (κ1) is 12.4. The Hall–Kier alpha value is -1.68. The highest BCUT2D eigenvalue weighted by Gasteiger charge is 1.96. The lowest BCUT2D eigenvalue weighted by Gasteiger charge is -1.87. The molecule has 0 unspecified atom stereocenters. The fourth-order valence-electron chi connectivity index (χ4n) is 1.17. The van der Waals surface area contributed by atoms with Crippen LogP contribution in [0.3, 0.4) is 0 Å². The number of aromatic amines is 1. The Morgan fingerprint density at radius 1 is 1.50 bits per heavy atom. The number of ether oxygens (including phenoxy) is 1. The zero-order chi connectivity index (χ0) is 12.0. The summed E-state index contributed by atoms with van der Waals surface area (Å²) >= 11 is 5.82. The molecule has 5 heteroatoms. The first-order valence-corrected chi connectivity index (χ1v) is 5.10. The van der Waals surface area contributed by atoms with Crippen molar-refractivity contribution in [2.24, 2.45) is 0 Å². The monoisotopic (exact) mass is 241 g/mol. The van der Waals surface area contributed by atoms with Crippen LogP contribution in [0.4, 0.5) is 4.79 Å². The Kier molecular flexibility index (Phi) is 4.66. The van der Waals surface area contributed by atoms with Crippen molar-refractivity contribution in [1.29, 1.82) is 0 Å². The summed E-state index contributed by atoms with van der Waals surface area (Å²) in [4.78, 5) is 12.3. The minimum absolute atomic E-state index is 0.231. The number of carboxylic acid groups (broad SMARTS) is 1. The Balaban J connectivity index is 0.000000187. The summed E-state index contributed by atoms with van der Waals surface area (Å²) in [6.07, 6.45) is 0.690. The number of H-pyrrole nitrogens is 1. The second kappa shape index (κ2) is 6.02. The summed E-state index contributed by atoms with van der Waals surface area (Å²) in [6.45, 7) is 1.85. The molecule has 0 fully saturated rings. The average Bonchev–Trinajstić information content (AvgIpc) is 2.62. The molecule has 1 heterocycles. The van der Waals surface area contributed by atoms with Crippen LogP contribution in [0, 0.1) is 0 Å². The van der Waals surface area contributed by atoms with Crippen molar-refractivity contribution in [1.82, 2.24) is 4.98 Å². The molecule has 1 aromatic heterocycles. The number of hydrogen-bond acceptors (Lipinski definition) is 2. The fourth-order valence-corrected chi connectivity index (χ4v) is 1.39. The van der Waals surface area contributed by atoms with Crippen molar-refractivity contribution in [2.45, 2.75) is 6.92 Å². The van der Waals surface area contributed by atoms with Gasteiger partial charge in [-0.2, -0.15) is 0 Å². The van der Waals surface area contributed by atoms with Gasteiger partial charge in [-0.25, -0.2) is 4.79 Å². The van der Waals surface area contributed by atoms with Crippen molar-refractivity contribution in [3.8, 4) is 0 Å². The predicted molar refractivity (Wildman–Crippen MR) is 63.0 cm³/mol. The van der Waals surface area contributed by atoms with Gasteiger partial charge in [-0.05, 0) is 6.92 Å². The lowest BCUT2D eigenvalue weighted by Crippen LogP contribution is -1.97. The van der Waals surface area contributed by atoms with E-state index in [1.165, 1.54) is 0 Å². The van der Waals surface area contributed by atoms with E-state index in [4.69, 9.17) is 16.7 Å². The van der Waals surface area contributed by atoms with Gasteiger partial charge in [0.2, 0.25) is 0 Å². The molecule has 16 heavy (non-hydrogen) atoms. The summed E-state index contributed by atoms with van der Waals surface area (Å²) < 4.78 is 3.96. The topological polar surface area (TPSA) is 62.3 Å². The molecular weight excluding hydrogens is 230 g/mol. The highest BCUT2D eigenvalue weighted by molar-refractivity contribution is 6.34. The maximum absolute atomic E-state index is 9.38. The number of fused-ring (bicyclic) bond motifs is 1. The third-order valence-corrected chi connectivity index (χ3v) is 2.13. The maximum Gasteiger partial charge on any atom is 0.505 e. The highest BCUT2D eigenvalue weighted by atomic mass is 35.5. The number of rotatable bonds is 1. The minimum atomic E-state index is -1.21. The van der Waals surface area contributed by atoms with E-state index in [0.29, 0.717) is 0 Å². The van der Waals surface area contributed by atoms with Crippen LogP contribution in [-0.4, -0.2) is 22.9 Å².